The number of nitrogens with one attached hydrogen (secondary N) is 1. The van der Waals surface area contributed by atoms with Gasteiger partial charge in [0.1, 0.15) is 5.82 Å². The minimum Gasteiger partial charge on any atom is -0.314 e. The number of benzene rings is 1. The molecule has 0 saturated carbocycles. The maximum absolute atomic E-state index is 13.2. The third-order valence-electron chi connectivity index (χ3n) is 3.57. The minimum atomic E-state index is -0.117. The quantitative estimate of drug-likeness (QED) is 0.847. The second-order valence-corrected chi connectivity index (χ2v) is 5.49. The highest BCUT2D eigenvalue weighted by Gasteiger charge is 2.29. The first-order valence-electron chi connectivity index (χ1n) is 6.20. The van der Waals surface area contributed by atoms with Gasteiger partial charge in [-0.15, -0.1) is 0 Å². The normalized spacial score (nSPS) is 20.5. The van der Waals surface area contributed by atoms with Crippen LogP contribution in [0, 0.1) is 12.7 Å². The van der Waals surface area contributed by atoms with E-state index in [0.29, 0.717) is 0 Å². The molecule has 1 aromatic carbocycles. The first-order valence-corrected chi connectivity index (χ1v) is 6.20. The van der Waals surface area contributed by atoms with Gasteiger partial charge < -0.3 is 5.32 Å². The molecule has 1 aliphatic rings. The van der Waals surface area contributed by atoms with Crippen molar-refractivity contribution in [2.24, 2.45) is 0 Å². The minimum absolute atomic E-state index is 0.117. The van der Waals surface area contributed by atoms with Gasteiger partial charge in [-0.1, -0.05) is 12.1 Å². The summed E-state index contributed by atoms with van der Waals surface area (Å²) < 4.78 is 13.2. The third kappa shape index (κ3) is 2.85. The topological polar surface area (TPSA) is 15.3 Å². The van der Waals surface area contributed by atoms with Crippen molar-refractivity contribution in [1.29, 1.82) is 0 Å². The molecule has 1 aromatic rings. The average Bonchev–Trinajstić information content (AvgIpc) is 2.26. The number of hydrogen-bond donors (Lipinski definition) is 1. The van der Waals surface area contributed by atoms with Crippen molar-refractivity contribution in [2.75, 3.05) is 19.6 Å². The van der Waals surface area contributed by atoms with Crippen LogP contribution in [0.4, 0.5) is 4.39 Å². The number of halogens is 1. The van der Waals surface area contributed by atoms with Gasteiger partial charge in [0, 0.05) is 31.7 Å². The van der Waals surface area contributed by atoms with Gasteiger partial charge >= 0.3 is 0 Å². The molecule has 0 spiro atoms. The van der Waals surface area contributed by atoms with Crippen LogP contribution in [0.1, 0.15) is 25.0 Å². The van der Waals surface area contributed by atoms with Crippen molar-refractivity contribution in [3.63, 3.8) is 0 Å². The molecule has 1 aliphatic heterocycles. The lowest BCUT2D eigenvalue weighted by Gasteiger charge is -2.43. The molecular formula is C14H21FN2. The van der Waals surface area contributed by atoms with E-state index in [-0.39, 0.29) is 11.4 Å². The third-order valence-corrected chi connectivity index (χ3v) is 3.57. The molecule has 17 heavy (non-hydrogen) atoms. The van der Waals surface area contributed by atoms with Gasteiger partial charge in [-0.25, -0.2) is 4.39 Å². The molecule has 0 unspecified atom stereocenters. The van der Waals surface area contributed by atoms with Gasteiger partial charge in [0.05, 0.1) is 0 Å². The van der Waals surface area contributed by atoms with Crippen molar-refractivity contribution >= 4 is 0 Å². The Kier molecular flexibility index (Phi) is 3.50. The number of rotatable bonds is 2. The highest BCUT2D eigenvalue weighted by molar-refractivity contribution is 5.24. The van der Waals surface area contributed by atoms with Crippen molar-refractivity contribution in [3.8, 4) is 0 Å². The number of aryl methyl sites for hydroxylation is 1. The summed E-state index contributed by atoms with van der Waals surface area (Å²) in [5.74, 6) is -0.117. The van der Waals surface area contributed by atoms with E-state index < -0.39 is 0 Å². The Labute approximate surface area is 103 Å². The molecular weight excluding hydrogens is 215 g/mol. The van der Waals surface area contributed by atoms with Crippen LogP contribution in [0.3, 0.4) is 0 Å². The van der Waals surface area contributed by atoms with Gasteiger partial charge in [-0.05, 0) is 38.0 Å². The summed E-state index contributed by atoms with van der Waals surface area (Å²) >= 11 is 0. The predicted octanol–water partition coefficient (Wildman–Crippen LogP) is 2.32. The molecule has 1 saturated heterocycles. The summed E-state index contributed by atoms with van der Waals surface area (Å²) in [5.41, 5.74) is 2.09. The fourth-order valence-corrected chi connectivity index (χ4v) is 2.34. The van der Waals surface area contributed by atoms with Crippen LogP contribution >= 0.6 is 0 Å². The van der Waals surface area contributed by atoms with Crippen LogP contribution in [0.2, 0.25) is 0 Å². The summed E-state index contributed by atoms with van der Waals surface area (Å²) in [6.07, 6.45) is 0. The molecule has 1 fully saturated rings. The maximum Gasteiger partial charge on any atom is 0.126 e. The van der Waals surface area contributed by atoms with Crippen molar-refractivity contribution in [1.82, 2.24) is 10.2 Å². The Morgan fingerprint density at radius 1 is 1.41 bits per heavy atom. The van der Waals surface area contributed by atoms with Crippen LogP contribution < -0.4 is 5.32 Å². The number of nitrogens with zero attached hydrogens (tertiary/aromatic N) is 1. The monoisotopic (exact) mass is 236 g/mol. The molecule has 0 bridgehead atoms. The fourth-order valence-electron chi connectivity index (χ4n) is 2.34. The Balaban J connectivity index is 2.11. The molecule has 0 aliphatic carbocycles. The molecule has 1 heterocycles. The Morgan fingerprint density at radius 3 is 2.82 bits per heavy atom. The Morgan fingerprint density at radius 2 is 2.18 bits per heavy atom. The summed E-state index contributed by atoms with van der Waals surface area (Å²) in [6.45, 7) is 10.3. The SMILES string of the molecule is Cc1cc(CN2CCNCC2(C)C)ccc1F. The van der Waals surface area contributed by atoms with Gasteiger partial charge in [-0.3, -0.25) is 4.90 Å². The molecule has 94 valence electrons. The molecule has 2 nitrogen and oxygen atoms in total. The summed E-state index contributed by atoms with van der Waals surface area (Å²) in [4.78, 5) is 2.45. The molecule has 0 aromatic heterocycles. The fraction of sp³-hybridized carbons (Fsp3) is 0.571. The van der Waals surface area contributed by atoms with Gasteiger partial charge in [-0.2, -0.15) is 0 Å². The second-order valence-electron chi connectivity index (χ2n) is 5.49. The highest BCUT2D eigenvalue weighted by atomic mass is 19.1. The first-order chi connectivity index (χ1) is 7.99. The smallest absolute Gasteiger partial charge is 0.126 e. The summed E-state index contributed by atoms with van der Waals surface area (Å²) in [5, 5.41) is 3.41. The average molecular weight is 236 g/mol. The molecule has 1 N–H and O–H groups in total. The van der Waals surface area contributed by atoms with Crippen LogP contribution in [0.15, 0.2) is 18.2 Å². The van der Waals surface area contributed by atoms with Crippen LogP contribution in [0.5, 0.6) is 0 Å². The van der Waals surface area contributed by atoms with E-state index in [2.05, 4.69) is 24.1 Å². The second kappa shape index (κ2) is 4.75. The zero-order chi connectivity index (χ0) is 12.5. The maximum atomic E-state index is 13.2. The first kappa shape index (κ1) is 12.5. The Bertz CT molecular complexity index is 401. The Hall–Kier alpha value is -0.930. The van der Waals surface area contributed by atoms with E-state index >= 15 is 0 Å². The zero-order valence-electron chi connectivity index (χ0n) is 10.9. The molecule has 3 heteroatoms. The van der Waals surface area contributed by atoms with E-state index in [1.807, 2.05) is 19.1 Å². The van der Waals surface area contributed by atoms with Crippen molar-refractivity contribution in [2.45, 2.75) is 32.9 Å². The molecule has 2 rings (SSSR count). The van der Waals surface area contributed by atoms with Gasteiger partial charge in [0.25, 0.3) is 0 Å². The standard InChI is InChI=1S/C14H21FN2/c1-11-8-12(4-5-13(11)15)9-17-7-6-16-10-14(17,2)3/h4-5,8,16H,6-7,9-10H2,1-3H3. The predicted molar refractivity (Wildman–Crippen MR) is 68.5 cm³/mol. The molecule has 0 radical (unpaired) electrons. The van der Waals surface area contributed by atoms with Crippen LogP contribution in [0.25, 0.3) is 0 Å². The lowest BCUT2D eigenvalue weighted by molar-refractivity contribution is 0.0827. The largest absolute Gasteiger partial charge is 0.314 e. The van der Waals surface area contributed by atoms with E-state index in [0.717, 1.165) is 31.7 Å². The van der Waals surface area contributed by atoms with Crippen molar-refractivity contribution < 1.29 is 4.39 Å². The number of hydrogen-bond acceptors (Lipinski definition) is 2. The summed E-state index contributed by atoms with van der Waals surface area (Å²) in [7, 11) is 0. The van der Waals surface area contributed by atoms with Gasteiger partial charge in [0.2, 0.25) is 0 Å². The van der Waals surface area contributed by atoms with E-state index in [1.165, 1.54) is 5.56 Å². The lowest BCUT2D eigenvalue weighted by Crippen LogP contribution is -2.57. The van der Waals surface area contributed by atoms with E-state index in [1.54, 1.807) is 6.07 Å². The zero-order valence-corrected chi connectivity index (χ0v) is 10.9. The molecule has 0 amide bonds. The van der Waals surface area contributed by atoms with Gasteiger partial charge in [0.15, 0.2) is 0 Å². The summed E-state index contributed by atoms with van der Waals surface area (Å²) in [6, 6.07) is 5.41. The highest BCUT2D eigenvalue weighted by Crippen LogP contribution is 2.20. The number of piperazine rings is 1. The van der Waals surface area contributed by atoms with E-state index in [4.69, 9.17) is 0 Å². The van der Waals surface area contributed by atoms with Crippen molar-refractivity contribution in [3.05, 3.63) is 35.1 Å². The molecule has 0 atom stereocenters. The van der Waals surface area contributed by atoms with Crippen LogP contribution in [-0.4, -0.2) is 30.1 Å². The van der Waals surface area contributed by atoms with Crippen LogP contribution in [-0.2, 0) is 6.54 Å². The lowest BCUT2D eigenvalue weighted by atomic mass is 9.99. The van der Waals surface area contributed by atoms with E-state index in [9.17, 15) is 4.39 Å².